The standard InChI is InChI=1S/C14H17N3O2/c15-8-7-12-3-5-13(6-4-12)19-11-10-17-14(18)2-1-9-16-17/h1-6,9H,7-8,10-11,15H2. The highest BCUT2D eigenvalue weighted by Crippen LogP contribution is 2.12. The Labute approximate surface area is 111 Å². The number of nitrogens with zero attached hydrogens (tertiary/aromatic N) is 2. The zero-order valence-electron chi connectivity index (χ0n) is 10.7. The molecule has 1 aromatic heterocycles. The highest BCUT2D eigenvalue weighted by molar-refractivity contribution is 5.27. The van der Waals surface area contributed by atoms with Crippen LogP contribution in [0.25, 0.3) is 0 Å². The summed E-state index contributed by atoms with van der Waals surface area (Å²) in [6.45, 7) is 1.49. The molecule has 100 valence electrons. The number of ether oxygens (including phenoxy) is 1. The number of rotatable bonds is 6. The zero-order chi connectivity index (χ0) is 13.5. The van der Waals surface area contributed by atoms with E-state index in [-0.39, 0.29) is 5.56 Å². The Morgan fingerprint density at radius 1 is 1.21 bits per heavy atom. The van der Waals surface area contributed by atoms with E-state index < -0.39 is 0 Å². The van der Waals surface area contributed by atoms with Crippen molar-refractivity contribution in [2.24, 2.45) is 5.73 Å². The van der Waals surface area contributed by atoms with Gasteiger partial charge in [-0.2, -0.15) is 5.10 Å². The van der Waals surface area contributed by atoms with Crippen molar-refractivity contribution in [2.75, 3.05) is 13.2 Å². The molecule has 2 rings (SSSR count). The highest BCUT2D eigenvalue weighted by Gasteiger charge is 1.98. The summed E-state index contributed by atoms with van der Waals surface area (Å²) in [5.41, 5.74) is 6.56. The van der Waals surface area contributed by atoms with Crippen LogP contribution in [-0.4, -0.2) is 22.9 Å². The maximum atomic E-state index is 11.4. The molecule has 2 aromatic rings. The van der Waals surface area contributed by atoms with Gasteiger partial charge in [-0.1, -0.05) is 12.1 Å². The Hall–Kier alpha value is -2.14. The lowest BCUT2D eigenvalue weighted by molar-refractivity contribution is 0.287. The van der Waals surface area contributed by atoms with E-state index in [2.05, 4.69) is 5.10 Å². The average molecular weight is 259 g/mol. The number of hydrogen-bond acceptors (Lipinski definition) is 4. The Kier molecular flexibility index (Phi) is 4.69. The molecule has 5 nitrogen and oxygen atoms in total. The van der Waals surface area contributed by atoms with E-state index in [0.717, 1.165) is 12.2 Å². The van der Waals surface area contributed by atoms with Gasteiger partial charge in [0.05, 0.1) is 6.54 Å². The van der Waals surface area contributed by atoms with Crippen LogP contribution in [-0.2, 0) is 13.0 Å². The summed E-state index contributed by atoms with van der Waals surface area (Å²) in [6.07, 6.45) is 2.45. The summed E-state index contributed by atoms with van der Waals surface area (Å²) in [4.78, 5) is 11.4. The van der Waals surface area contributed by atoms with Gasteiger partial charge in [0.2, 0.25) is 0 Å². The van der Waals surface area contributed by atoms with Crippen LogP contribution in [0.3, 0.4) is 0 Å². The van der Waals surface area contributed by atoms with E-state index in [0.29, 0.717) is 19.7 Å². The molecule has 5 heteroatoms. The van der Waals surface area contributed by atoms with Gasteiger partial charge >= 0.3 is 0 Å². The molecule has 2 N–H and O–H groups in total. The largest absolute Gasteiger partial charge is 0.492 e. The lowest BCUT2D eigenvalue weighted by atomic mass is 10.1. The molecule has 0 radical (unpaired) electrons. The van der Waals surface area contributed by atoms with Gasteiger partial charge in [-0.25, -0.2) is 4.68 Å². The van der Waals surface area contributed by atoms with E-state index in [4.69, 9.17) is 10.5 Å². The molecule has 0 aliphatic rings. The average Bonchev–Trinajstić information content (AvgIpc) is 2.43. The van der Waals surface area contributed by atoms with Crippen molar-refractivity contribution in [1.29, 1.82) is 0 Å². The van der Waals surface area contributed by atoms with Crippen LogP contribution < -0.4 is 16.0 Å². The van der Waals surface area contributed by atoms with Gasteiger partial charge in [-0.15, -0.1) is 0 Å². The first-order valence-corrected chi connectivity index (χ1v) is 6.23. The molecule has 0 spiro atoms. The Morgan fingerprint density at radius 2 is 2.00 bits per heavy atom. The van der Waals surface area contributed by atoms with E-state index in [1.807, 2.05) is 24.3 Å². The number of aromatic nitrogens is 2. The molecule has 0 aliphatic carbocycles. The molecule has 0 atom stereocenters. The molecule has 19 heavy (non-hydrogen) atoms. The van der Waals surface area contributed by atoms with Gasteiger partial charge in [-0.3, -0.25) is 4.79 Å². The van der Waals surface area contributed by atoms with Crippen LogP contribution in [0, 0.1) is 0 Å². The lowest BCUT2D eigenvalue weighted by Crippen LogP contribution is -2.24. The number of nitrogens with two attached hydrogens (primary N) is 1. The molecular weight excluding hydrogens is 242 g/mol. The van der Waals surface area contributed by atoms with Crippen molar-refractivity contribution in [3.63, 3.8) is 0 Å². The van der Waals surface area contributed by atoms with Crippen LogP contribution in [0.4, 0.5) is 0 Å². The second-order valence-electron chi connectivity index (χ2n) is 4.12. The third-order valence-electron chi connectivity index (χ3n) is 2.71. The Bertz CT molecular complexity index is 563. The SMILES string of the molecule is NCCc1ccc(OCCn2ncccc2=O)cc1. The summed E-state index contributed by atoms with van der Waals surface area (Å²) < 4.78 is 6.94. The van der Waals surface area contributed by atoms with Gasteiger partial charge in [0.1, 0.15) is 12.4 Å². The normalized spacial score (nSPS) is 10.4. The van der Waals surface area contributed by atoms with E-state index in [1.165, 1.54) is 16.3 Å². The topological polar surface area (TPSA) is 70.1 Å². The first kappa shape index (κ1) is 13.3. The first-order valence-electron chi connectivity index (χ1n) is 6.23. The van der Waals surface area contributed by atoms with E-state index in [1.54, 1.807) is 12.3 Å². The Balaban J connectivity index is 1.86. The van der Waals surface area contributed by atoms with Gasteiger partial charge in [0.25, 0.3) is 5.56 Å². The molecule has 0 saturated heterocycles. The smallest absolute Gasteiger partial charge is 0.266 e. The van der Waals surface area contributed by atoms with Crippen molar-refractivity contribution in [1.82, 2.24) is 9.78 Å². The van der Waals surface area contributed by atoms with Crippen molar-refractivity contribution in [2.45, 2.75) is 13.0 Å². The fourth-order valence-corrected chi connectivity index (χ4v) is 1.72. The van der Waals surface area contributed by atoms with Gasteiger partial charge in [0.15, 0.2) is 0 Å². The molecule has 1 aromatic carbocycles. The maximum absolute atomic E-state index is 11.4. The lowest BCUT2D eigenvalue weighted by Gasteiger charge is -2.07. The number of hydrogen-bond donors (Lipinski definition) is 1. The first-order chi connectivity index (χ1) is 9.29. The molecule has 0 fully saturated rings. The Morgan fingerprint density at radius 3 is 2.68 bits per heavy atom. The van der Waals surface area contributed by atoms with Crippen LogP contribution in [0.1, 0.15) is 5.56 Å². The second kappa shape index (κ2) is 6.70. The third kappa shape index (κ3) is 3.93. The van der Waals surface area contributed by atoms with Crippen LogP contribution in [0.5, 0.6) is 5.75 Å². The molecule has 0 aliphatic heterocycles. The van der Waals surface area contributed by atoms with E-state index in [9.17, 15) is 4.79 Å². The fourth-order valence-electron chi connectivity index (χ4n) is 1.72. The minimum atomic E-state index is -0.121. The number of benzene rings is 1. The minimum Gasteiger partial charge on any atom is -0.492 e. The summed E-state index contributed by atoms with van der Waals surface area (Å²) in [6, 6.07) is 10.9. The maximum Gasteiger partial charge on any atom is 0.266 e. The molecule has 1 heterocycles. The van der Waals surface area contributed by atoms with E-state index >= 15 is 0 Å². The zero-order valence-corrected chi connectivity index (χ0v) is 10.7. The van der Waals surface area contributed by atoms with Crippen molar-refractivity contribution < 1.29 is 4.74 Å². The summed E-state index contributed by atoms with van der Waals surface area (Å²) >= 11 is 0. The predicted octanol–water partition coefficient (Wildman–Crippen LogP) is 0.823. The predicted molar refractivity (Wildman–Crippen MR) is 73.2 cm³/mol. The molecule has 0 saturated carbocycles. The van der Waals surface area contributed by atoms with Crippen molar-refractivity contribution in [3.8, 4) is 5.75 Å². The molecule has 0 bridgehead atoms. The highest BCUT2D eigenvalue weighted by atomic mass is 16.5. The van der Waals surface area contributed by atoms with Gasteiger partial charge in [0, 0.05) is 12.3 Å². The van der Waals surface area contributed by atoms with Gasteiger partial charge in [-0.05, 0) is 36.7 Å². The van der Waals surface area contributed by atoms with Crippen molar-refractivity contribution in [3.05, 3.63) is 58.5 Å². The summed E-state index contributed by atoms with van der Waals surface area (Å²) in [5.74, 6) is 0.782. The van der Waals surface area contributed by atoms with Crippen LogP contribution in [0.15, 0.2) is 47.4 Å². The molecular formula is C14H17N3O2. The fraction of sp³-hybridized carbons (Fsp3) is 0.286. The van der Waals surface area contributed by atoms with Crippen LogP contribution in [0.2, 0.25) is 0 Å². The molecule has 0 amide bonds. The summed E-state index contributed by atoms with van der Waals surface area (Å²) in [5, 5.41) is 3.96. The van der Waals surface area contributed by atoms with Gasteiger partial charge < -0.3 is 10.5 Å². The second-order valence-corrected chi connectivity index (χ2v) is 4.12. The summed E-state index contributed by atoms with van der Waals surface area (Å²) in [7, 11) is 0. The third-order valence-corrected chi connectivity index (χ3v) is 2.71. The van der Waals surface area contributed by atoms with Crippen molar-refractivity contribution >= 4 is 0 Å². The quantitative estimate of drug-likeness (QED) is 0.834. The molecule has 0 unspecified atom stereocenters. The van der Waals surface area contributed by atoms with Crippen LogP contribution >= 0.6 is 0 Å². The minimum absolute atomic E-state index is 0.121. The monoisotopic (exact) mass is 259 g/mol.